The van der Waals surface area contributed by atoms with E-state index in [1.165, 1.54) is 11.3 Å². The molecule has 2 aromatic heterocycles. The number of esters is 1. The lowest BCUT2D eigenvalue weighted by molar-refractivity contribution is 0.0468. The summed E-state index contributed by atoms with van der Waals surface area (Å²) in [7, 11) is 1.86. The van der Waals surface area contributed by atoms with Crippen LogP contribution in [0.25, 0.3) is 10.6 Å². The SMILES string of the molecule is Cn1cc(-c2nc(COC(=O)c3ccc(COc4ccccc4)cc3)cs2)cn1. The highest BCUT2D eigenvalue weighted by Crippen LogP contribution is 2.23. The molecule has 4 aromatic rings. The summed E-state index contributed by atoms with van der Waals surface area (Å²) in [6.07, 6.45) is 3.66. The zero-order chi connectivity index (χ0) is 20.1. The van der Waals surface area contributed by atoms with Crippen molar-refractivity contribution < 1.29 is 14.3 Å². The van der Waals surface area contributed by atoms with Gasteiger partial charge in [-0.05, 0) is 29.8 Å². The predicted molar refractivity (Wildman–Crippen MR) is 111 cm³/mol. The number of para-hydroxylation sites is 1. The second-order valence-electron chi connectivity index (χ2n) is 6.42. The number of hydrogen-bond donors (Lipinski definition) is 0. The maximum absolute atomic E-state index is 12.3. The smallest absolute Gasteiger partial charge is 0.338 e. The van der Waals surface area contributed by atoms with Crippen molar-refractivity contribution in [2.24, 2.45) is 7.05 Å². The van der Waals surface area contributed by atoms with Gasteiger partial charge in [-0.2, -0.15) is 5.10 Å². The van der Waals surface area contributed by atoms with Crippen LogP contribution in [0, 0.1) is 0 Å². The molecule has 2 aromatic carbocycles. The molecule has 0 N–H and O–H groups in total. The number of hydrogen-bond acceptors (Lipinski definition) is 6. The minimum atomic E-state index is -0.378. The van der Waals surface area contributed by atoms with Crippen LogP contribution < -0.4 is 4.74 Å². The maximum Gasteiger partial charge on any atom is 0.338 e. The monoisotopic (exact) mass is 405 g/mol. The highest BCUT2D eigenvalue weighted by molar-refractivity contribution is 7.13. The number of ether oxygens (including phenoxy) is 2. The van der Waals surface area contributed by atoms with E-state index in [1.807, 2.05) is 61.1 Å². The number of carbonyl (C=O) groups is 1. The van der Waals surface area contributed by atoms with E-state index >= 15 is 0 Å². The number of aryl methyl sites for hydroxylation is 1. The molecule has 0 bridgehead atoms. The first kappa shape index (κ1) is 18.9. The van der Waals surface area contributed by atoms with Gasteiger partial charge in [0.1, 0.15) is 24.0 Å². The number of aromatic nitrogens is 3. The van der Waals surface area contributed by atoms with E-state index in [1.54, 1.807) is 23.0 Å². The minimum Gasteiger partial charge on any atom is -0.489 e. The average molecular weight is 405 g/mol. The van der Waals surface area contributed by atoms with Crippen LogP contribution >= 0.6 is 11.3 Å². The van der Waals surface area contributed by atoms with Crippen LogP contribution in [0.1, 0.15) is 21.6 Å². The van der Waals surface area contributed by atoms with Crippen LogP contribution in [0.3, 0.4) is 0 Å². The minimum absolute atomic E-state index is 0.133. The van der Waals surface area contributed by atoms with E-state index in [0.717, 1.165) is 27.6 Å². The molecule has 7 heteroatoms. The highest BCUT2D eigenvalue weighted by atomic mass is 32.1. The molecule has 0 saturated heterocycles. The quantitative estimate of drug-likeness (QED) is 0.424. The van der Waals surface area contributed by atoms with E-state index < -0.39 is 0 Å². The molecule has 4 rings (SSSR count). The molecule has 0 amide bonds. The zero-order valence-corrected chi connectivity index (χ0v) is 16.6. The Balaban J connectivity index is 1.30. The fourth-order valence-electron chi connectivity index (χ4n) is 2.68. The van der Waals surface area contributed by atoms with Crippen LogP contribution in [0.2, 0.25) is 0 Å². The summed E-state index contributed by atoms with van der Waals surface area (Å²) in [6.45, 7) is 0.573. The second kappa shape index (κ2) is 8.70. The zero-order valence-electron chi connectivity index (χ0n) is 15.8. The molecule has 0 atom stereocenters. The van der Waals surface area contributed by atoms with E-state index in [-0.39, 0.29) is 12.6 Å². The summed E-state index contributed by atoms with van der Waals surface area (Å²) in [5, 5.41) is 6.88. The van der Waals surface area contributed by atoms with Gasteiger partial charge in [0.15, 0.2) is 0 Å². The van der Waals surface area contributed by atoms with Gasteiger partial charge in [0.05, 0.1) is 17.5 Å². The van der Waals surface area contributed by atoms with Gasteiger partial charge in [-0.1, -0.05) is 30.3 Å². The fraction of sp³-hybridized carbons (Fsp3) is 0.136. The van der Waals surface area contributed by atoms with Gasteiger partial charge >= 0.3 is 5.97 Å². The maximum atomic E-state index is 12.3. The van der Waals surface area contributed by atoms with E-state index in [0.29, 0.717) is 12.2 Å². The summed E-state index contributed by atoms with van der Waals surface area (Å²) in [5.74, 6) is 0.432. The van der Waals surface area contributed by atoms with Gasteiger partial charge in [0, 0.05) is 24.2 Å². The van der Waals surface area contributed by atoms with Crippen molar-refractivity contribution in [1.82, 2.24) is 14.8 Å². The number of rotatable bonds is 7. The molecule has 0 aliphatic rings. The summed E-state index contributed by atoms with van der Waals surface area (Å²) in [5.41, 5.74) is 3.14. The summed E-state index contributed by atoms with van der Waals surface area (Å²) in [4.78, 5) is 16.8. The second-order valence-corrected chi connectivity index (χ2v) is 7.28. The molecule has 6 nitrogen and oxygen atoms in total. The first-order valence-corrected chi connectivity index (χ1v) is 9.93. The van der Waals surface area contributed by atoms with Gasteiger partial charge in [0.25, 0.3) is 0 Å². The van der Waals surface area contributed by atoms with Crippen LogP contribution in [-0.4, -0.2) is 20.7 Å². The Bertz CT molecular complexity index is 1090. The van der Waals surface area contributed by atoms with Crippen LogP contribution in [-0.2, 0) is 25.0 Å². The Kier molecular flexibility index (Phi) is 5.67. The molecule has 29 heavy (non-hydrogen) atoms. The van der Waals surface area contributed by atoms with Crippen molar-refractivity contribution in [3.8, 4) is 16.3 Å². The van der Waals surface area contributed by atoms with Crippen molar-refractivity contribution in [2.75, 3.05) is 0 Å². The molecule has 0 radical (unpaired) electrons. The third-order valence-corrected chi connectivity index (χ3v) is 5.13. The molecular formula is C22H19N3O3S. The Hall–Kier alpha value is -3.45. The van der Waals surface area contributed by atoms with Gasteiger partial charge in [0.2, 0.25) is 0 Å². The lowest BCUT2D eigenvalue weighted by Gasteiger charge is -2.07. The van der Waals surface area contributed by atoms with Crippen molar-refractivity contribution in [3.63, 3.8) is 0 Å². The van der Waals surface area contributed by atoms with Crippen LogP contribution in [0.15, 0.2) is 72.4 Å². The van der Waals surface area contributed by atoms with Gasteiger partial charge in [-0.15, -0.1) is 11.3 Å². The standard InChI is InChI=1S/C22H19N3O3S/c1-25-12-18(11-23-25)21-24-19(15-29-21)14-28-22(26)17-9-7-16(8-10-17)13-27-20-5-3-2-4-6-20/h2-12,15H,13-14H2,1H3. The number of thiazole rings is 1. The molecule has 146 valence electrons. The Morgan fingerprint density at radius 2 is 1.86 bits per heavy atom. The van der Waals surface area contributed by atoms with Crippen molar-refractivity contribution in [3.05, 3.63) is 89.2 Å². The summed E-state index contributed by atoms with van der Waals surface area (Å²) < 4.78 is 12.8. The molecule has 0 aliphatic heterocycles. The molecule has 0 aliphatic carbocycles. The average Bonchev–Trinajstić information content (AvgIpc) is 3.40. The number of carbonyl (C=O) groups excluding carboxylic acids is 1. The van der Waals surface area contributed by atoms with Crippen molar-refractivity contribution >= 4 is 17.3 Å². The lowest BCUT2D eigenvalue weighted by Crippen LogP contribution is -2.06. The lowest BCUT2D eigenvalue weighted by atomic mass is 10.1. The summed E-state index contributed by atoms with van der Waals surface area (Å²) in [6, 6.07) is 16.8. The van der Waals surface area contributed by atoms with Crippen molar-refractivity contribution in [2.45, 2.75) is 13.2 Å². The normalized spacial score (nSPS) is 10.7. The van der Waals surface area contributed by atoms with Gasteiger partial charge in [-0.25, -0.2) is 9.78 Å². The molecular weight excluding hydrogens is 386 g/mol. The van der Waals surface area contributed by atoms with E-state index in [4.69, 9.17) is 9.47 Å². The van der Waals surface area contributed by atoms with Gasteiger partial charge < -0.3 is 9.47 Å². The first-order chi connectivity index (χ1) is 14.2. The topological polar surface area (TPSA) is 66.2 Å². The first-order valence-electron chi connectivity index (χ1n) is 9.05. The Morgan fingerprint density at radius 3 is 2.59 bits per heavy atom. The largest absolute Gasteiger partial charge is 0.489 e. The molecule has 0 spiro atoms. The number of nitrogens with zero attached hydrogens (tertiary/aromatic N) is 3. The third-order valence-electron chi connectivity index (χ3n) is 4.19. The van der Waals surface area contributed by atoms with Gasteiger partial charge in [-0.3, -0.25) is 4.68 Å². The molecule has 0 saturated carbocycles. The predicted octanol–water partition coefficient (Wildman–Crippen LogP) is 4.48. The molecule has 0 unspecified atom stereocenters. The Morgan fingerprint density at radius 1 is 1.07 bits per heavy atom. The molecule has 0 fully saturated rings. The van der Waals surface area contributed by atoms with E-state index in [9.17, 15) is 4.79 Å². The third kappa shape index (κ3) is 4.89. The van der Waals surface area contributed by atoms with Crippen molar-refractivity contribution in [1.29, 1.82) is 0 Å². The fourth-order valence-corrected chi connectivity index (χ4v) is 3.46. The van der Waals surface area contributed by atoms with Crippen LogP contribution in [0.4, 0.5) is 0 Å². The summed E-state index contributed by atoms with van der Waals surface area (Å²) >= 11 is 1.50. The molecule has 2 heterocycles. The van der Waals surface area contributed by atoms with E-state index in [2.05, 4.69) is 10.1 Å². The highest BCUT2D eigenvalue weighted by Gasteiger charge is 2.11. The Labute approximate surface area is 172 Å². The van der Waals surface area contributed by atoms with Crippen LogP contribution in [0.5, 0.6) is 5.75 Å². The number of benzene rings is 2.